The minimum absolute atomic E-state index is 0.205. The summed E-state index contributed by atoms with van der Waals surface area (Å²) in [5.74, 6) is 0. The predicted molar refractivity (Wildman–Crippen MR) is 41.5 cm³/mol. The summed E-state index contributed by atoms with van der Waals surface area (Å²) >= 11 is 16.2. The molecule has 0 bridgehead atoms. The maximum Gasteiger partial charge on any atom is 0.293 e. The van der Waals surface area contributed by atoms with Crippen LogP contribution >= 0.6 is 34.8 Å². The third-order valence-electron chi connectivity index (χ3n) is 0.807. The van der Waals surface area contributed by atoms with Crippen LogP contribution in [0.25, 0.3) is 0 Å². The molecule has 0 fully saturated rings. The van der Waals surface area contributed by atoms with Gasteiger partial charge in [-0.2, -0.15) is 0 Å². The summed E-state index contributed by atoms with van der Waals surface area (Å²) in [4.78, 5) is 9.75. The fourth-order valence-corrected chi connectivity index (χ4v) is 1.12. The van der Waals surface area contributed by atoms with Crippen LogP contribution in [-0.2, 0) is 9.53 Å². The maximum absolute atomic E-state index is 9.75. The molecule has 0 spiro atoms. The molecule has 0 rings (SSSR count). The fraction of sp³-hybridized carbons (Fsp3) is 0.800. The van der Waals surface area contributed by atoms with Gasteiger partial charge in [0.05, 0.1) is 0 Å². The number of carbonyl (C=O) groups is 1. The number of halogens is 3. The Morgan fingerprint density at radius 1 is 1.60 bits per heavy atom. The number of hydrogen-bond acceptors (Lipinski definition) is 2. The Kier molecular flexibility index (Phi) is 4.41. The second-order valence-corrected chi connectivity index (χ2v) is 4.38. The molecule has 0 N–H and O–H groups in total. The van der Waals surface area contributed by atoms with Crippen molar-refractivity contribution in [1.82, 2.24) is 0 Å². The van der Waals surface area contributed by atoms with Crippen LogP contribution in [0.1, 0.15) is 13.3 Å². The van der Waals surface area contributed by atoms with Crippen molar-refractivity contribution in [2.24, 2.45) is 0 Å². The van der Waals surface area contributed by atoms with Gasteiger partial charge in [0.1, 0.15) is 6.10 Å². The largest absolute Gasteiger partial charge is 0.465 e. The normalized spacial score (nSPS) is 14.4. The van der Waals surface area contributed by atoms with E-state index in [0.717, 1.165) is 0 Å². The lowest BCUT2D eigenvalue weighted by molar-refractivity contribution is -0.132. The highest BCUT2D eigenvalue weighted by Crippen LogP contribution is 2.31. The first-order chi connectivity index (χ1) is 4.45. The van der Waals surface area contributed by atoms with Crippen LogP contribution in [0.5, 0.6) is 0 Å². The van der Waals surface area contributed by atoms with E-state index in [1.54, 1.807) is 6.92 Å². The minimum Gasteiger partial charge on any atom is -0.465 e. The molecule has 0 saturated heterocycles. The van der Waals surface area contributed by atoms with Crippen LogP contribution in [0.4, 0.5) is 0 Å². The van der Waals surface area contributed by atoms with Gasteiger partial charge in [0.15, 0.2) is 3.79 Å². The second-order valence-electron chi connectivity index (χ2n) is 1.86. The predicted octanol–water partition coefficient (Wildman–Crippen LogP) is 2.31. The number of rotatable bonds is 3. The Hall–Kier alpha value is 0.340. The van der Waals surface area contributed by atoms with Gasteiger partial charge in [-0.15, -0.1) is 0 Å². The van der Waals surface area contributed by atoms with Gasteiger partial charge in [0, 0.05) is 6.42 Å². The van der Waals surface area contributed by atoms with E-state index in [4.69, 9.17) is 34.8 Å². The summed E-state index contributed by atoms with van der Waals surface area (Å²) in [5, 5.41) is 0. The lowest BCUT2D eigenvalue weighted by Crippen LogP contribution is -2.16. The quantitative estimate of drug-likeness (QED) is 0.522. The third kappa shape index (κ3) is 6.46. The summed E-state index contributed by atoms with van der Waals surface area (Å²) in [6, 6.07) is 0. The van der Waals surface area contributed by atoms with Gasteiger partial charge < -0.3 is 4.74 Å². The molecule has 0 aliphatic carbocycles. The number of alkyl halides is 3. The summed E-state index contributed by atoms with van der Waals surface area (Å²) in [7, 11) is 0. The molecule has 0 aromatic rings. The van der Waals surface area contributed by atoms with Crippen LogP contribution in [0.3, 0.4) is 0 Å². The van der Waals surface area contributed by atoms with Crippen molar-refractivity contribution in [3.63, 3.8) is 0 Å². The fourth-order valence-electron chi connectivity index (χ4n) is 0.469. The first-order valence-electron chi connectivity index (χ1n) is 2.61. The van der Waals surface area contributed by atoms with Crippen molar-refractivity contribution in [2.45, 2.75) is 23.2 Å². The lowest BCUT2D eigenvalue weighted by Gasteiger charge is -2.14. The monoisotopic (exact) mass is 204 g/mol. The van der Waals surface area contributed by atoms with Crippen LogP contribution in [-0.4, -0.2) is 16.4 Å². The highest BCUT2D eigenvalue weighted by atomic mass is 35.6. The van der Waals surface area contributed by atoms with Crippen molar-refractivity contribution < 1.29 is 9.53 Å². The van der Waals surface area contributed by atoms with E-state index in [1.165, 1.54) is 0 Å². The molecule has 0 aliphatic rings. The minimum atomic E-state index is -1.34. The lowest BCUT2D eigenvalue weighted by atomic mass is 10.3. The molecule has 0 heterocycles. The third-order valence-corrected chi connectivity index (χ3v) is 1.27. The molecule has 0 aliphatic heterocycles. The zero-order valence-electron chi connectivity index (χ0n) is 5.31. The first-order valence-corrected chi connectivity index (χ1v) is 3.75. The summed E-state index contributed by atoms with van der Waals surface area (Å²) in [6.45, 7) is 1.98. The van der Waals surface area contributed by atoms with Crippen molar-refractivity contribution in [2.75, 3.05) is 0 Å². The van der Waals surface area contributed by atoms with Crippen molar-refractivity contribution in [1.29, 1.82) is 0 Å². The summed E-state index contributed by atoms with van der Waals surface area (Å²) < 4.78 is 3.14. The number of hydrogen-bond donors (Lipinski definition) is 0. The van der Waals surface area contributed by atoms with Crippen LogP contribution in [0.2, 0.25) is 0 Å². The smallest absolute Gasteiger partial charge is 0.293 e. The molecule has 2 nitrogen and oxygen atoms in total. The van der Waals surface area contributed by atoms with Crippen molar-refractivity contribution >= 4 is 41.3 Å². The molecule has 0 radical (unpaired) electrons. The Labute approximate surface area is 74.4 Å². The van der Waals surface area contributed by atoms with Crippen molar-refractivity contribution in [3.05, 3.63) is 0 Å². The summed E-state index contributed by atoms with van der Waals surface area (Å²) in [5.41, 5.74) is 0. The maximum atomic E-state index is 9.75. The van der Waals surface area contributed by atoms with Gasteiger partial charge >= 0.3 is 0 Å². The van der Waals surface area contributed by atoms with Crippen molar-refractivity contribution in [3.8, 4) is 0 Å². The highest BCUT2D eigenvalue weighted by Gasteiger charge is 2.23. The van der Waals surface area contributed by atoms with Gasteiger partial charge in [0.2, 0.25) is 0 Å². The second kappa shape index (κ2) is 4.27. The Morgan fingerprint density at radius 2 is 2.10 bits per heavy atom. The van der Waals surface area contributed by atoms with Gasteiger partial charge in [-0.25, -0.2) is 0 Å². The molecule has 60 valence electrons. The Balaban J connectivity index is 3.56. The molecule has 0 aromatic carbocycles. The Bertz CT molecular complexity index is 110. The zero-order chi connectivity index (χ0) is 8.20. The van der Waals surface area contributed by atoms with Crippen LogP contribution in [0, 0.1) is 0 Å². The van der Waals surface area contributed by atoms with E-state index < -0.39 is 3.79 Å². The zero-order valence-corrected chi connectivity index (χ0v) is 7.58. The molecule has 0 amide bonds. The van der Waals surface area contributed by atoms with Gasteiger partial charge in [-0.05, 0) is 6.92 Å². The average molecular weight is 205 g/mol. The molecule has 1 atom stereocenters. The Morgan fingerprint density at radius 3 is 2.40 bits per heavy atom. The number of ether oxygens (including phenoxy) is 1. The standard InChI is InChI=1S/C5H7Cl3O2/c1-4(10-3-9)2-5(6,7)8/h3-4H,2H2,1H3. The highest BCUT2D eigenvalue weighted by molar-refractivity contribution is 6.67. The van der Waals surface area contributed by atoms with E-state index in [9.17, 15) is 4.79 Å². The first kappa shape index (κ1) is 10.3. The average Bonchev–Trinajstić information content (AvgIpc) is 1.59. The van der Waals surface area contributed by atoms with E-state index >= 15 is 0 Å². The van der Waals surface area contributed by atoms with E-state index in [0.29, 0.717) is 6.47 Å². The topological polar surface area (TPSA) is 26.3 Å². The molecule has 1 unspecified atom stereocenters. The number of carbonyl (C=O) groups excluding carboxylic acids is 1. The van der Waals surface area contributed by atoms with Gasteiger partial charge in [0.25, 0.3) is 6.47 Å². The molecular weight excluding hydrogens is 198 g/mol. The van der Waals surface area contributed by atoms with Gasteiger partial charge in [-0.1, -0.05) is 34.8 Å². The SMILES string of the molecule is CC(CC(Cl)(Cl)Cl)OC=O. The van der Waals surface area contributed by atoms with Crippen LogP contribution < -0.4 is 0 Å². The molecule has 5 heteroatoms. The van der Waals surface area contributed by atoms with Gasteiger partial charge in [-0.3, -0.25) is 4.79 Å². The molecular formula is C5H7Cl3O2. The van der Waals surface area contributed by atoms with E-state index in [-0.39, 0.29) is 12.5 Å². The summed E-state index contributed by atoms with van der Waals surface area (Å²) in [6.07, 6.45) is -0.152. The molecule has 10 heavy (non-hydrogen) atoms. The van der Waals surface area contributed by atoms with E-state index in [2.05, 4.69) is 4.74 Å². The van der Waals surface area contributed by atoms with Crippen LogP contribution in [0.15, 0.2) is 0 Å². The molecule has 0 saturated carbocycles. The molecule has 0 aromatic heterocycles. The van der Waals surface area contributed by atoms with E-state index in [1.807, 2.05) is 0 Å².